The lowest BCUT2D eigenvalue weighted by Gasteiger charge is -2.28. The molecule has 0 aliphatic heterocycles. The van der Waals surface area contributed by atoms with Gasteiger partial charge in [-0.2, -0.15) is 0 Å². The van der Waals surface area contributed by atoms with E-state index >= 15 is 0 Å². The van der Waals surface area contributed by atoms with Crippen LogP contribution in [0.5, 0.6) is 5.88 Å². The van der Waals surface area contributed by atoms with E-state index < -0.39 is 0 Å². The highest BCUT2D eigenvalue weighted by Crippen LogP contribution is 2.21. The molecule has 0 spiro atoms. The van der Waals surface area contributed by atoms with Gasteiger partial charge in [0.15, 0.2) is 0 Å². The van der Waals surface area contributed by atoms with Crippen molar-refractivity contribution in [1.82, 2.24) is 4.98 Å². The van der Waals surface area contributed by atoms with E-state index in [4.69, 9.17) is 10.5 Å². The zero-order valence-electron chi connectivity index (χ0n) is 8.53. The van der Waals surface area contributed by atoms with E-state index in [-0.39, 0.29) is 18.0 Å². The van der Waals surface area contributed by atoms with Crippen molar-refractivity contribution in [2.75, 3.05) is 0 Å². The average molecular weight is 210 g/mol. The van der Waals surface area contributed by atoms with Crippen LogP contribution in [0.25, 0.3) is 0 Å². The fourth-order valence-electron chi connectivity index (χ4n) is 1.86. The summed E-state index contributed by atoms with van der Waals surface area (Å²) in [4.78, 5) is 3.85. The fraction of sp³-hybridized carbons (Fsp3) is 0.545. The largest absolute Gasteiger partial charge is 0.473 e. The van der Waals surface area contributed by atoms with Crippen molar-refractivity contribution < 1.29 is 9.13 Å². The van der Waals surface area contributed by atoms with Crippen molar-refractivity contribution in [2.45, 2.75) is 37.8 Å². The van der Waals surface area contributed by atoms with Crippen LogP contribution >= 0.6 is 0 Å². The maximum atomic E-state index is 12.6. The van der Waals surface area contributed by atoms with Crippen LogP contribution in [0.4, 0.5) is 4.39 Å². The highest BCUT2D eigenvalue weighted by Gasteiger charge is 2.23. The highest BCUT2D eigenvalue weighted by molar-refractivity contribution is 5.11. The van der Waals surface area contributed by atoms with E-state index in [2.05, 4.69) is 4.98 Å². The second kappa shape index (κ2) is 4.57. The number of nitrogens with two attached hydrogens (primary N) is 1. The molecule has 3 nitrogen and oxygen atoms in total. The summed E-state index contributed by atoms with van der Waals surface area (Å²) in [7, 11) is 0. The van der Waals surface area contributed by atoms with Crippen LogP contribution in [0.15, 0.2) is 18.3 Å². The molecular weight excluding hydrogens is 195 g/mol. The van der Waals surface area contributed by atoms with Gasteiger partial charge in [-0.15, -0.1) is 0 Å². The predicted molar refractivity (Wildman–Crippen MR) is 55.1 cm³/mol. The summed E-state index contributed by atoms with van der Waals surface area (Å²) < 4.78 is 18.2. The zero-order chi connectivity index (χ0) is 10.7. The first kappa shape index (κ1) is 10.4. The van der Waals surface area contributed by atoms with E-state index in [1.54, 1.807) is 0 Å². The van der Waals surface area contributed by atoms with Gasteiger partial charge in [-0.3, -0.25) is 0 Å². The maximum absolute atomic E-state index is 12.6. The summed E-state index contributed by atoms with van der Waals surface area (Å²) in [6, 6.07) is 2.96. The van der Waals surface area contributed by atoms with Crippen LogP contribution in [0.2, 0.25) is 0 Å². The quantitative estimate of drug-likeness (QED) is 0.810. The molecule has 1 saturated carbocycles. The molecule has 0 radical (unpaired) electrons. The molecule has 1 aliphatic carbocycles. The van der Waals surface area contributed by atoms with Gasteiger partial charge in [0, 0.05) is 12.1 Å². The van der Waals surface area contributed by atoms with E-state index in [1.165, 1.54) is 12.1 Å². The van der Waals surface area contributed by atoms with Crippen molar-refractivity contribution in [2.24, 2.45) is 5.73 Å². The predicted octanol–water partition coefficient (Wildman–Crippen LogP) is 1.87. The van der Waals surface area contributed by atoms with Crippen LogP contribution in [0.1, 0.15) is 25.7 Å². The monoisotopic (exact) mass is 210 g/mol. The van der Waals surface area contributed by atoms with Crippen molar-refractivity contribution in [3.8, 4) is 5.88 Å². The number of hydrogen-bond acceptors (Lipinski definition) is 3. The number of aromatic nitrogens is 1. The Hall–Kier alpha value is -1.16. The van der Waals surface area contributed by atoms with Crippen LogP contribution < -0.4 is 10.5 Å². The minimum atomic E-state index is -0.352. The summed E-state index contributed by atoms with van der Waals surface area (Å²) in [5, 5.41) is 0. The minimum absolute atomic E-state index is 0.0247. The first-order valence-corrected chi connectivity index (χ1v) is 5.29. The standard InChI is InChI=1S/C11H15FN2O/c12-8-5-6-11(14-7-8)15-10-4-2-1-3-9(10)13/h5-7,9-10H,1-4,13H2. The molecule has 0 bridgehead atoms. The van der Waals surface area contributed by atoms with Crippen LogP contribution in [0, 0.1) is 5.82 Å². The lowest BCUT2D eigenvalue weighted by Crippen LogP contribution is -2.41. The second-order valence-corrected chi connectivity index (χ2v) is 3.92. The molecule has 82 valence electrons. The van der Waals surface area contributed by atoms with Gasteiger partial charge in [-0.1, -0.05) is 6.42 Å². The van der Waals surface area contributed by atoms with E-state index in [1.807, 2.05) is 0 Å². The van der Waals surface area contributed by atoms with Crippen molar-refractivity contribution in [1.29, 1.82) is 0 Å². The van der Waals surface area contributed by atoms with Gasteiger partial charge in [0.05, 0.1) is 6.20 Å². The van der Waals surface area contributed by atoms with Gasteiger partial charge in [0.25, 0.3) is 0 Å². The molecular formula is C11H15FN2O. The maximum Gasteiger partial charge on any atom is 0.213 e. The molecule has 1 aromatic heterocycles. The van der Waals surface area contributed by atoms with Gasteiger partial charge >= 0.3 is 0 Å². The van der Waals surface area contributed by atoms with Crippen molar-refractivity contribution in [3.63, 3.8) is 0 Å². The first-order valence-electron chi connectivity index (χ1n) is 5.29. The molecule has 0 saturated heterocycles. The number of pyridine rings is 1. The number of hydrogen-bond donors (Lipinski definition) is 1. The van der Waals surface area contributed by atoms with Crippen molar-refractivity contribution in [3.05, 3.63) is 24.1 Å². The van der Waals surface area contributed by atoms with Gasteiger partial charge < -0.3 is 10.5 Å². The Balaban J connectivity index is 1.98. The number of halogens is 1. The molecule has 0 aromatic carbocycles. The molecule has 0 amide bonds. The Morgan fingerprint density at radius 3 is 2.80 bits per heavy atom. The molecule has 2 N–H and O–H groups in total. The smallest absolute Gasteiger partial charge is 0.213 e. The van der Waals surface area contributed by atoms with E-state index in [9.17, 15) is 4.39 Å². The molecule has 1 aromatic rings. The third-order valence-electron chi connectivity index (χ3n) is 2.73. The molecule has 4 heteroatoms. The first-order chi connectivity index (χ1) is 7.25. The van der Waals surface area contributed by atoms with Crippen molar-refractivity contribution >= 4 is 0 Å². The summed E-state index contributed by atoms with van der Waals surface area (Å²) in [5.41, 5.74) is 5.93. The average Bonchev–Trinajstić information content (AvgIpc) is 2.25. The Morgan fingerprint density at radius 2 is 2.13 bits per heavy atom. The lowest BCUT2D eigenvalue weighted by atomic mass is 9.93. The molecule has 1 heterocycles. The molecule has 2 atom stereocenters. The molecule has 1 aliphatic rings. The molecule has 2 rings (SSSR count). The third kappa shape index (κ3) is 2.65. The SMILES string of the molecule is NC1CCCCC1Oc1ccc(F)cn1. The normalized spacial score (nSPS) is 26.3. The van der Waals surface area contributed by atoms with Gasteiger partial charge in [0.2, 0.25) is 5.88 Å². The topological polar surface area (TPSA) is 48.1 Å². The Labute approximate surface area is 88.5 Å². The second-order valence-electron chi connectivity index (χ2n) is 3.92. The Kier molecular flexibility index (Phi) is 3.16. The Bertz CT molecular complexity index is 315. The number of nitrogens with zero attached hydrogens (tertiary/aromatic N) is 1. The molecule has 1 fully saturated rings. The lowest BCUT2D eigenvalue weighted by molar-refractivity contribution is 0.126. The summed E-state index contributed by atoms with van der Waals surface area (Å²) in [6.07, 6.45) is 5.43. The molecule has 15 heavy (non-hydrogen) atoms. The van der Waals surface area contributed by atoms with Gasteiger partial charge in [-0.05, 0) is 25.3 Å². The van der Waals surface area contributed by atoms with Gasteiger partial charge in [0.1, 0.15) is 11.9 Å². The van der Waals surface area contributed by atoms with Crippen LogP contribution in [-0.2, 0) is 0 Å². The van der Waals surface area contributed by atoms with Gasteiger partial charge in [-0.25, -0.2) is 9.37 Å². The van der Waals surface area contributed by atoms with Crippen LogP contribution in [-0.4, -0.2) is 17.1 Å². The number of ether oxygens (including phenoxy) is 1. The Morgan fingerprint density at radius 1 is 1.33 bits per heavy atom. The highest BCUT2D eigenvalue weighted by atomic mass is 19.1. The number of rotatable bonds is 2. The summed E-state index contributed by atoms with van der Waals surface area (Å²) in [6.45, 7) is 0. The van der Waals surface area contributed by atoms with Crippen LogP contribution in [0.3, 0.4) is 0 Å². The minimum Gasteiger partial charge on any atom is -0.473 e. The molecule has 2 unspecified atom stereocenters. The third-order valence-corrected chi connectivity index (χ3v) is 2.73. The summed E-state index contributed by atoms with van der Waals surface area (Å²) in [5.74, 6) is 0.106. The fourth-order valence-corrected chi connectivity index (χ4v) is 1.86. The van der Waals surface area contributed by atoms with E-state index in [0.29, 0.717) is 5.88 Å². The summed E-state index contributed by atoms with van der Waals surface area (Å²) >= 11 is 0. The van der Waals surface area contributed by atoms with E-state index in [0.717, 1.165) is 31.9 Å². The zero-order valence-corrected chi connectivity index (χ0v) is 8.53.